The maximum atomic E-state index is 12.0. The number of benzene rings is 3. The van der Waals surface area contributed by atoms with Crippen LogP contribution in [0.3, 0.4) is 0 Å². The molecule has 0 amide bonds. The number of carbonyl (C=O) groups excluding carboxylic acids is 1. The van der Waals surface area contributed by atoms with Crippen LogP contribution in [0.25, 0.3) is 11.1 Å². The number of hydrogen-bond acceptors (Lipinski definition) is 4. The number of ether oxygens (including phenoxy) is 2. The first-order valence-corrected chi connectivity index (χ1v) is 10.5. The average Bonchev–Trinajstić information content (AvgIpc) is 2.75. The zero-order valence-electron chi connectivity index (χ0n) is 16.0. The van der Waals surface area contributed by atoms with Gasteiger partial charge in [0, 0.05) is 11.5 Å². The lowest BCUT2D eigenvalue weighted by atomic mass is 10.0. The molecule has 0 aliphatic rings. The van der Waals surface area contributed by atoms with Crippen molar-refractivity contribution < 1.29 is 14.3 Å². The molecule has 0 spiro atoms. The van der Waals surface area contributed by atoms with E-state index in [-0.39, 0.29) is 5.97 Å². The van der Waals surface area contributed by atoms with Gasteiger partial charge in [-0.3, -0.25) is 0 Å². The van der Waals surface area contributed by atoms with Gasteiger partial charge in [-0.1, -0.05) is 54.6 Å². The molecule has 0 heterocycles. The zero-order chi connectivity index (χ0) is 19.6. The predicted octanol–water partition coefficient (Wildman–Crippen LogP) is 5.84. The minimum Gasteiger partial charge on any atom is -0.493 e. The van der Waals surface area contributed by atoms with Gasteiger partial charge in [-0.05, 0) is 47.9 Å². The molecular formula is C24H24O3S. The van der Waals surface area contributed by atoms with E-state index in [1.165, 1.54) is 5.56 Å². The van der Waals surface area contributed by atoms with Crippen LogP contribution in [0.15, 0.2) is 78.9 Å². The van der Waals surface area contributed by atoms with Crippen LogP contribution in [0.2, 0.25) is 0 Å². The Kier molecular flexibility index (Phi) is 7.56. The summed E-state index contributed by atoms with van der Waals surface area (Å²) in [6, 6.07) is 25.9. The Hall–Kier alpha value is -2.72. The Morgan fingerprint density at radius 3 is 2.43 bits per heavy atom. The predicted molar refractivity (Wildman–Crippen MR) is 116 cm³/mol. The van der Waals surface area contributed by atoms with Crippen molar-refractivity contribution in [3.63, 3.8) is 0 Å². The Morgan fingerprint density at radius 1 is 0.893 bits per heavy atom. The van der Waals surface area contributed by atoms with Gasteiger partial charge in [0.1, 0.15) is 5.75 Å². The molecule has 3 nitrogen and oxygen atoms in total. The summed E-state index contributed by atoms with van der Waals surface area (Å²) < 4.78 is 10.8. The van der Waals surface area contributed by atoms with E-state index in [1.807, 2.05) is 67.2 Å². The van der Waals surface area contributed by atoms with Crippen molar-refractivity contribution in [1.29, 1.82) is 0 Å². The highest BCUT2D eigenvalue weighted by atomic mass is 32.2. The molecule has 0 saturated carbocycles. The van der Waals surface area contributed by atoms with Gasteiger partial charge in [0.05, 0.1) is 18.8 Å². The highest BCUT2D eigenvalue weighted by Crippen LogP contribution is 2.24. The molecule has 0 saturated heterocycles. The van der Waals surface area contributed by atoms with Gasteiger partial charge in [-0.25, -0.2) is 4.79 Å². The number of esters is 1. The molecule has 3 aromatic rings. The third-order valence-electron chi connectivity index (χ3n) is 4.14. The Balaban J connectivity index is 1.55. The summed E-state index contributed by atoms with van der Waals surface area (Å²) in [5.74, 6) is 2.47. The molecule has 0 radical (unpaired) electrons. The molecule has 0 atom stereocenters. The van der Waals surface area contributed by atoms with Crippen LogP contribution in [0, 0.1) is 0 Å². The fourth-order valence-electron chi connectivity index (χ4n) is 2.81. The van der Waals surface area contributed by atoms with E-state index in [4.69, 9.17) is 9.47 Å². The Labute approximate surface area is 170 Å². The summed E-state index contributed by atoms with van der Waals surface area (Å²) in [6.07, 6.45) is 0. The maximum absolute atomic E-state index is 12.0. The molecule has 144 valence electrons. The molecule has 0 N–H and O–H groups in total. The van der Waals surface area contributed by atoms with Gasteiger partial charge in [0.25, 0.3) is 0 Å². The fraction of sp³-hybridized carbons (Fsp3) is 0.208. The Morgan fingerprint density at radius 2 is 1.64 bits per heavy atom. The zero-order valence-corrected chi connectivity index (χ0v) is 16.8. The van der Waals surface area contributed by atoms with E-state index in [0.717, 1.165) is 28.4 Å². The molecular weight excluding hydrogens is 368 g/mol. The minimum absolute atomic E-state index is 0.283. The smallest absolute Gasteiger partial charge is 0.338 e. The molecule has 0 aromatic heterocycles. The van der Waals surface area contributed by atoms with Gasteiger partial charge in [-0.15, -0.1) is 0 Å². The van der Waals surface area contributed by atoms with Gasteiger partial charge < -0.3 is 9.47 Å². The summed E-state index contributed by atoms with van der Waals surface area (Å²) in [5, 5.41) is 0. The van der Waals surface area contributed by atoms with E-state index in [9.17, 15) is 4.79 Å². The van der Waals surface area contributed by atoms with Crippen molar-refractivity contribution in [3.05, 3.63) is 90.0 Å². The number of thioether (sulfide) groups is 1. The van der Waals surface area contributed by atoms with Gasteiger partial charge in [0.2, 0.25) is 0 Å². The van der Waals surface area contributed by atoms with Crippen LogP contribution in [0.1, 0.15) is 22.8 Å². The van der Waals surface area contributed by atoms with Gasteiger partial charge >= 0.3 is 5.97 Å². The lowest BCUT2D eigenvalue weighted by Gasteiger charge is -2.08. The summed E-state index contributed by atoms with van der Waals surface area (Å²) in [7, 11) is 0. The van der Waals surface area contributed by atoms with Crippen LogP contribution >= 0.6 is 11.8 Å². The van der Waals surface area contributed by atoms with Crippen LogP contribution in [-0.2, 0) is 10.5 Å². The third kappa shape index (κ3) is 5.89. The Bertz CT molecular complexity index is 893. The van der Waals surface area contributed by atoms with Crippen molar-refractivity contribution in [2.75, 3.05) is 19.0 Å². The molecule has 4 heteroatoms. The first-order chi connectivity index (χ1) is 13.8. The van der Waals surface area contributed by atoms with Crippen molar-refractivity contribution in [2.24, 2.45) is 0 Å². The van der Waals surface area contributed by atoms with E-state index < -0.39 is 0 Å². The maximum Gasteiger partial charge on any atom is 0.338 e. The molecule has 0 fully saturated rings. The normalized spacial score (nSPS) is 10.5. The summed E-state index contributed by atoms with van der Waals surface area (Å²) in [6.45, 7) is 2.88. The first kappa shape index (κ1) is 20.0. The number of para-hydroxylation sites is 1. The SMILES string of the molecule is CCOC(=O)c1cccc(-c2cccc(CSCCOc3ccccc3)c2)c1. The third-order valence-corrected chi connectivity index (χ3v) is 5.14. The van der Waals surface area contributed by atoms with Crippen LogP contribution < -0.4 is 4.74 Å². The second kappa shape index (κ2) is 10.6. The van der Waals surface area contributed by atoms with Crippen molar-refractivity contribution >= 4 is 17.7 Å². The van der Waals surface area contributed by atoms with Crippen molar-refractivity contribution in [1.82, 2.24) is 0 Å². The number of carbonyl (C=O) groups is 1. The summed E-state index contributed by atoms with van der Waals surface area (Å²) >= 11 is 1.85. The summed E-state index contributed by atoms with van der Waals surface area (Å²) in [4.78, 5) is 12.0. The molecule has 3 rings (SSSR count). The second-order valence-electron chi connectivity index (χ2n) is 6.22. The average molecular weight is 393 g/mol. The van der Waals surface area contributed by atoms with Gasteiger partial charge in [-0.2, -0.15) is 11.8 Å². The molecule has 0 aliphatic heterocycles. The highest BCUT2D eigenvalue weighted by molar-refractivity contribution is 7.98. The minimum atomic E-state index is -0.283. The fourth-order valence-corrected chi connectivity index (χ4v) is 3.57. The van der Waals surface area contributed by atoms with Crippen molar-refractivity contribution in [2.45, 2.75) is 12.7 Å². The molecule has 0 aliphatic carbocycles. The lowest BCUT2D eigenvalue weighted by Crippen LogP contribution is -2.04. The highest BCUT2D eigenvalue weighted by Gasteiger charge is 2.08. The van der Waals surface area contributed by atoms with E-state index in [1.54, 1.807) is 6.07 Å². The van der Waals surface area contributed by atoms with Crippen LogP contribution in [0.5, 0.6) is 5.75 Å². The van der Waals surface area contributed by atoms with Crippen molar-refractivity contribution in [3.8, 4) is 16.9 Å². The van der Waals surface area contributed by atoms with Crippen LogP contribution in [-0.4, -0.2) is 24.9 Å². The van der Waals surface area contributed by atoms with E-state index in [0.29, 0.717) is 18.8 Å². The first-order valence-electron chi connectivity index (χ1n) is 9.38. The van der Waals surface area contributed by atoms with Crippen LogP contribution in [0.4, 0.5) is 0 Å². The van der Waals surface area contributed by atoms with E-state index in [2.05, 4.69) is 24.3 Å². The van der Waals surface area contributed by atoms with Gasteiger partial charge in [0.15, 0.2) is 0 Å². The molecule has 3 aromatic carbocycles. The standard InChI is InChI=1S/C24H24O3S/c1-2-26-24(25)22-11-7-10-21(17-22)20-9-6-8-19(16-20)18-28-15-14-27-23-12-4-3-5-13-23/h3-13,16-17H,2,14-15,18H2,1H3. The monoisotopic (exact) mass is 392 g/mol. The largest absolute Gasteiger partial charge is 0.493 e. The van der Waals surface area contributed by atoms with E-state index >= 15 is 0 Å². The molecule has 28 heavy (non-hydrogen) atoms. The lowest BCUT2D eigenvalue weighted by molar-refractivity contribution is 0.0526. The summed E-state index contributed by atoms with van der Waals surface area (Å²) in [5.41, 5.74) is 3.95. The number of hydrogen-bond donors (Lipinski definition) is 0. The number of rotatable bonds is 9. The second-order valence-corrected chi connectivity index (χ2v) is 7.32. The topological polar surface area (TPSA) is 35.5 Å². The molecule has 0 bridgehead atoms. The molecule has 0 unspecified atom stereocenters. The quantitative estimate of drug-likeness (QED) is 0.338.